The van der Waals surface area contributed by atoms with Crippen LogP contribution < -0.4 is 0 Å². The Kier molecular flexibility index (Phi) is 4.50. The molecule has 1 aliphatic heterocycles. The third kappa shape index (κ3) is 3.36. The molecule has 7 heteroatoms. The summed E-state index contributed by atoms with van der Waals surface area (Å²) in [5.74, 6) is 0.830. The predicted molar refractivity (Wildman–Crippen MR) is 107 cm³/mol. The molecular formula is C22H18N4O3. The van der Waals surface area contributed by atoms with Crippen molar-refractivity contribution in [2.24, 2.45) is 0 Å². The van der Waals surface area contributed by atoms with E-state index in [1.165, 1.54) is 0 Å². The Labute approximate surface area is 166 Å². The van der Waals surface area contributed by atoms with Crippen LogP contribution in [0.15, 0.2) is 65.3 Å². The fraction of sp³-hybridized carbons (Fsp3) is 0.182. The minimum atomic E-state index is 0.00558. The van der Waals surface area contributed by atoms with Crippen molar-refractivity contribution in [2.45, 2.75) is 0 Å². The van der Waals surface area contributed by atoms with Crippen molar-refractivity contribution >= 4 is 16.7 Å². The van der Waals surface area contributed by atoms with E-state index in [-0.39, 0.29) is 5.91 Å². The van der Waals surface area contributed by atoms with Crippen LogP contribution in [-0.2, 0) is 4.74 Å². The molecule has 1 amide bonds. The van der Waals surface area contributed by atoms with Crippen molar-refractivity contribution in [1.82, 2.24) is 20.0 Å². The fourth-order valence-corrected chi connectivity index (χ4v) is 3.44. The molecule has 2 aromatic carbocycles. The van der Waals surface area contributed by atoms with Crippen molar-refractivity contribution < 1.29 is 14.1 Å². The molecule has 4 aromatic rings. The van der Waals surface area contributed by atoms with Crippen LogP contribution in [0.3, 0.4) is 0 Å². The van der Waals surface area contributed by atoms with Crippen LogP contribution in [0.4, 0.5) is 0 Å². The van der Waals surface area contributed by atoms with E-state index in [0.717, 1.165) is 16.3 Å². The summed E-state index contributed by atoms with van der Waals surface area (Å²) in [5, 5.41) is 6.14. The average molecular weight is 386 g/mol. The number of nitrogens with zero attached hydrogens (tertiary/aromatic N) is 4. The molecule has 3 heterocycles. The zero-order valence-electron chi connectivity index (χ0n) is 15.6. The number of benzene rings is 2. The van der Waals surface area contributed by atoms with Gasteiger partial charge in [-0.15, -0.1) is 0 Å². The molecule has 1 saturated heterocycles. The molecule has 144 valence electrons. The molecule has 0 unspecified atom stereocenters. The van der Waals surface area contributed by atoms with Gasteiger partial charge in [-0.2, -0.15) is 4.98 Å². The molecule has 0 aliphatic carbocycles. The minimum Gasteiger partial charge on any atom is -0.378 e. The second-order valence-corrected chi connectivity index (χ2v) is 6.79. The van der Waals surface area contributed by atoms with Gasteiger partial charge in [0.25, 0.3) is 11.8 Å². The molecule has 0 spiro atoms. The Morgan fingerprint density at radius 1 is 0.966 bits per heavy atom. The molecule has 2 aromatic heterocycles. The van der Waals surface area contributed by atoms with Crippen molar-refractivity contribution in [3.05, 3.63) is 66.4 Å². The molecule has 0 saturated carbocycles. The summed E-state index contributed by atoms with van der Waals surface area (Å²) < 4.78 is 10.8. The van der Waals surface area contributed by atoms with Gasteiger partial charge in [0.05, 0.1) is 13.2 Å². The number of rotatable bonds is 3. The van der Waals surface area contributed by atoms with E-state index < -0.39 is 0 Å². The molecule has 0 atom stereocenters. The van der Waals surface area contributed by atoms with Gasteiger partial charge in [0.1, 0.15) is 5.69 Å². The van der Waals surface area contributed by atoms with E-state index in [0.29, 0.717) is 49.3 Å². The van der Waals surface area contributed by atoms with Crippen molar-refractivity contribution in [3.8, 4) is 23.0 Å². The van der Waals surface area contributed by atoms with Gasteiger partial charge in [0.15, 0.2) is 0 Å². The quantitative estimate of drug-likeness (QED) is 0.537. The van der Waals surface area contributed by atoms with E-state index in [9.17, 15) is 4.79 Å². The zero-order chi connectivity index (χ0) is 19.6. The van der Waals surface area contributed by atoms with Crippen molar-refractivity contribution in [1.29, 1.82) is 0 Å². The largest absolute Gasteiger partial charge is 0.378 e. The third-order valence-electron chi connectivity index (χ3n) is 4.99. The van der Waals surface area contributed by atoms with Crippen LogP contribution in [0.2, 0.25) is 0 Å². The molecule has 0 bridgehead atoms. The molecule has 5 rings (SSSR count). The van der Waals surface area contributed by atoms with Crippen LogP contribution >= 0.6 is 0 Å². The molecular weight excluding hydrogens is 368 g/mol. The maximum absolute atomic E-state index is 12.6. The first kappa shape index (κ1) is 17.5. The van der Waals surface area contributed by atoms with Crippen LogP contribution in [0, 0.1) is 0 Å². The van der Waals surface area contributed by atoms with E-state index in [1.54, 1.807) is 23.2 Å². The first-order valence-corrected chi connectivity index (χ1v) is 9.45. The SMILES string of the molecule is O=C(c1ccc(-c2nc(-c3nccc4ccccc34)no2)cc1)N1CCOCC1. The Balaban J connectivity index is 1.41. The number of fused-ring (bicyclic) bond motifs is 1. The van der Waals surface area contributed by atoms with Gasteiger partial charge in [-0.05, 0) is 35.7 Å². The van der Waals surface area contributed by atoms with E-state index in [2.05, 4.69) is 15.1 Å². The second-order valence-electron chi connectivity index (χ2n) is 6.79. The van der Waals surface area contributed by atoms with Crippen LogP contribution in [0.5, 0.6) is 0 Å². The number of carbonyl (C=O) groups excluding carboxylic acids is 1. The normalized spacial score (nSPS) is 14.3. The number of carbonyl (C=O) groups is 1. The Hall–Kier alpha value is -3.58. The number of morpholine rings is 1. The number of amides is 1. The van der Waals surface area contributed by atoms with E-state index in [1.807, 2.05) is 42.5 Å². The highest BCUT2D eigenvalue weighted by Crippen LogP contribution is 2.27. The molecule has 7 nitrogen and oxygen atoms in total. The first-order valence-electron chi connectivity index (χ1n) is 9.45. The third-order valence-corrected chi connectivity index (χ3v) is 4.99. The van der Waals surface area contributed by atoms with Crippen molar-refractivity contribution in [2.75, 3.05) is 26.3 Å². The lowest BCUT2D eigenvalue weighted by atomic mass is 10.1. The van der Waals surface area contributed by atoms with Gasteiger partial charge in [-0.25, -0.2) is 0 Å². The van der Waals surface area contributed by atoms with Gasteiger partial charge >= 0.3 is 0 Å². The maximum atomic E-state index is 12.6. The van der Waals surface area contributed by atoms with Gasteiger partial charge in [-0.1, -0.05) is 29.4 Å². The Bertz CT molecular complexity index is 1160. The van der Waals surface area contributed by atoms with Crippen LogP contribution in [0.1, 0.15) is 10.4 Å². The fourth-order valence-electron chi connectivity index (χ4n) is 3.44. The lowest BCUT2D eigenvalue weighted by Crippen LogP contribution is -2.40. The lowest BCUT2D eigenvalue weighted by Gasteiger charge is -2.26. The highest BCUT2D eigenvalue weighted by Gasteiger charge is 2.19. The monoisotopic (exact) mass is 386 g/mol. The first-order chi connectivity index (χ1) is 14.3. The van der Waals surface area contributed by atoms with E-state index >= 15 is 0 Å². The number of pyridine rings is 1. The summed E-state index contributed by atoms with van der Waals surface area (Å²) in [4.78, 5) is 23.3. The van der Waals surface area contributed by atoms with Crippen molar-refractivity contribution in [3.63, 3.8) is 0 Å². The standard InChI is InChI=1S/C22H18N4O3/c27-22(26-11-13-28-14-12-26)17-7-5-16(6-8-17)21-24-20(25-29-21)19-18-4-2-1-3-15(18)9-10-23-19/h1-10H,11-14H2. The van der Waals surface area contributed by atoms with Gasteiger partial charge < -0.3 is 14.2 Å². The minimum absolute atomic E-state index is 0.00558. The summed E-state index contributed by atoms with van der Waals surface area (Å²) in [6.45, 7) is 2.39. The summed E-state index contributed by atoms with van der Waals surface area (Å²) in [5.41, 5.74) is 2.06. The summed E-state index contributed by atoms with van der Waals surface area (Å²) in [7, 11) is 0. The average Bonchev–Trinajstić information content (AvgIpc) is 3.29. The highest BCUT2D eigenvalue weighted by molar-refractivity contribution is 5.95. The summed E-state index contributed by atoms with van der Waals surface area (Å²) in [6, 6.07) is 17.1. The topological polar surface area (TPSA) is 81.3 Å². The number of ether oxygens (including phenoxy) is 1. The molecule has 0 N–H and O–H groups in total. The van der Waals surface area contributed by atoms with Gasteiger partial charge in [0.2, 0.25) is 5.82 Å². The van der Waals surface area contributed by atoms with Gasteiger partial charge in [0, 0.05) is 35.8 Å². The predicted octanol–water partition coefficient (Wildman–Crippen LogP) is 3.42. The van der Waals surface area contributed by atoms with Crippen LogP contribution in [0.25, 0.3) is 33.7 Å². The Morgan fingerprint density at radius 2 is 1.76 bits per heavy atom. The smallest absolute Gasteiger partial charge is 0.258 e. The maximum Gasteiger partial charge on any atom is 0.258 e. The van der Waals surface area contributed by atoms with Gasteiger partial charge in [-0.3, -0.25) is 9.78 Å². The summed E-state index contributed by atoms with van der Waals surface area (Å²) in [6.07, 6.45) is 1.74. The molecule has 0 radical (unpaired) electrons. The molecule has 1 fully saturated rings. The zero-order valence-corrected chi connectivity index (χ0v) is 15.6. The highest BCUT2D eigenvalue weighted by atomic mass is 16.5. The summed E-state index contributed by atoms with van der Waals surface area (Å²) >= 11 is 0. The number of hydrogen-bond donors (Lipinski definition) is 0. The lowest BCUT2D eigenvalue weighted by molar-refractivity contribution is 0.0303. The van der Waals surface area contributed by atoms with E-state index in [4.69, 9.17) is 9.26 Å². The Morgan fingerprint density at radius 3 is 2.59 bits per heavy atom. The number of hydrogen-bond acceptors (Lipinski definition) is 6. The molecule has 29 heavy (non-hydrogen) atoms. The number of aromatic nitrogens is 3. The van der Waals surface area contributed by atoms with Crippen LogP contribution in [-0.4, -0.2) is 52.2 Å². The molecule has 1 aliphatic rings. The second kappa shape index (κ2) is 7.44.